The van der Waals surface area contributed by atoms with Crippen LogP contribution in [0.3, 0.4) is 0 Å². The van der Waals surface area contributed by atoms with Crippen LogP contribution in [0.15, 0.2) is 77.7 Å². The SMILES string of the molecule is Cc1ccc(CNC(=O)C2CCN(C(=O)C(C(=O)c3ccc(F)cc3)n3ccccc3=O)CC2)cc1. The van der Waals surface area contributed by atoms with Crippen molar-refractivity contribution in [3.05, 3.63) is 106 Å². The van der Waals surface area contributed by atoms with Crippen molar-refractivity contribution < 1.29 is 18.8 Å². The zero-order valence-corrected chi connectivity index (χ0v) is 20.0. The second-order valence-corrected chi connectivity index (χ2v) is 9.02. The molecule has 1 N–H and O–H groups in total. The summed E-state index contributed by atoms with van der Waals surface area (Å²) in [4.78, 5) is 53.6. The molecule has 1 fully saturated rings. The summed E-state index contributed by atoms with van der Waals surface area (Å²) in [5.41, 5.74) is 1.81. The number of likely N-dealkylation sites (tertiary alicyclic amines) is 1. The van der Waals surface area contributed by atoms with Crippen molar-refractivity contribution in [3.63, 3.8) is 0 Å². The Balaban J connectivity index is 1.44. The van der Waals surface area contributed by atoms with Gasteiger partial charge < -0.3 is 10.2 Å². The fraction of sp³-hybridized carbons (Fsp3) is 0.286. The van der Waals surface area contributed by atoms with E-state index in [9.17, 15) is 23.6 Å². The fourth-order valence-electron chi connectivity index (χ4n) is 4.36. The minimum absolute atomic E-state index is 0.0686. The molecule has 0 spiro atoms. The van der Waals surface area contributed by atoms with E-state index in [4.69, 9.17) is 0 Å². The van der Waals surface area contributed by atoms with Crippen LogP contribution in [0, 0.1) is 18.7 Å². The van der Waals surface area contributed by atoms with E-state index in [1.165, 1.54) is 35.4 Å². The van der Waals surface area contributed by atoms with E-state index in [-0.39, 0.29) is 30.5 Å². The lowest BCUT2D eigenvalue weighted by atomic mass is 9.94. The minimum Gasteiger partial charge on any atom is -0.352 e. The molecular formula is C28H28FN3O4. The predicted molar refractivity (Wildman–Crippen MR) is 133 cm³/mol. The van der Waals surface area contributed by atoms with E-state index >= 15 is 0 Å². The third-order valence-corrected chi connectivity index (χ3v) is 6.51. The number of benzene rings is 2. The number of nitrogens with zero attached hydrogens (tertiary/aromatic N) is 2. The number of halogens is 1. The lowest BCUT2D eigenvalue weighted by Crippen LogP contribution is -2.48. The number of rotatable bonds is 7. The molecule has 8 heteroatoms. The predicted octanol–water partition coefficient (Wildman–Crippen LogP) is 3.27. The number of nitrogens with one attached hydrogen (secondary N) is 1. The molecule has 3 aromatic rings. The highest BCUT2D eigenvalue weighted by Crippen LogP contribution is 2.23. The number of ketones is 1. The lowest BCUT2D eigenvalue weighted by Gasteiger charge is -2.33. The maximum Gasteiger partial charge on any atom is 0.253 e. The average molecular weight is 490 g/mol. The Kier molecular flexibility index (Phi) is 7.73. The average Bonchev–Trinajstić information content (AvgIpc) is 2.89. The largest absolute Gasteiger partial charge is 0.352 e. The van der Waals surface area contributed by atoms with Crippen molar-refractivity contribution in [1.82, 2.24) is 14.8 Å². The Labute approximate surface area is 208 Å². The van der Waals surface area contributed by atoms with E-state index in [0.29, 0.717) is 19.4 Å². The molecule has 1 saturated heterocycles. The Bertz CT molecular complexity index is 1290. The summed E-state index contributed by atoms with van der Waals surface area (Å²) in [7, 11) is 0. The van der Waals surface area contributed by atoms with E-state index in [0.717, 1.165) is 27.8 Å². The standard InChI is InChI=1S/C28H28FN3O4/c1-19-5-7-20(8-6-19)18-30-27(35)22-13-16-31(17-14-22)28(36)25(32-15-3-2-4-24(32)33)26(34)21-9-11-23(29)12-10-21/h2-12,15,22,25H,13-14,16-18H2,1H3,(H,30,35). The number of aromatic nitrogens is 1. The topological polar surface area (TPSA) is 88.5 Å². The summed E-state index contributed by atoms with van der Waals surface area (Å²) in [6.45, 7) is 3.01. The molecule has 2 amide bonds. The molecule has 0 saturated carbocycles. The molecule has 1 aliphatic rings. The first kappa shape index (κ1) is 25.0. The molecule has 36 heavy (non-hydrogen) atoms. The van der Waals surface area contributed by atoms with Crippen molar-refractivity contribution >= 4 is 17.6 Å². The van der Waals surface area contributed by atoms with Gasteiger partial charge >= 0.3 is 0 Å². The van der Waals surface area contributed by atoms with Gasteiger partial charge in [-0.05, 0) is 55.7 Å². The summed E-state index contributed by atoms with van der Waals surface area (Å²) in [5, 5.41) is 2.96. The number of aryl methyl sites for hydroxylation is 1. The Morgan fingerprint density at radius 2 is 1.64 bits per heavy atom. The lowest BCUT2D eigenvalue weighted by molar-refractivity contribution is -0.137. The first-order chi connectivity index (χ1) is 17.3. The van der Waals surface area contributed by atoms with Crippen LogP contribution in [-0.4, -0.2) is 40.2 Å². The van der Waals surface area contributed by atoms with Gasteiger partial charge in [0.25, 0.3) is 11.5 Å². The van der Waals surface area contributed by atoms with Crippen molar-refractivity contribution in [3.8, 4) is 0 Å². The summed E-state index contributed by atoms with van der Waals surface area (Å²) in [6, 6.07) is 15.8. The first-order valence-electron chi connectivity index (χ1n) is 11.9. The molecule has 7 nitrogen and oxygen atoms in total. The number of hydrogen-bond donors (Lipinski definition) is 1. The molecule has 2 aromatic carbocycles. The molecule has 186 valence electrons. The minimum atomic E-state index is -1.41. The van der Waals surface area contributed by atoms with Crippen molar-refractivity contribution in [2.45, 2.75) is 32.4 Å². The van der Waals surface area contributed by atoms with E-state index < -0.39 is 29.1 Å². The summed E-state index contributed by atoms with van der Waals surface area (Å²) in [5.74, 6) is -1.93. The van der Waals surface area contributed by atoms with Gasteiger partial charge in [-0.15, -0.1) is 0 Å². The van der Waals surface area contributed by atoms with Crippen molar-refractivity contribution in [1.29, 1.82) is 0 Å². The second kappa shape index (κ2) is 11.1. The molecule has 1 unspecified atom stereocenters. The molecule has 1 aliphatic heterocycles. The Morgan fingerprint density at radius 1 is 0.972 bits per heavy atom. The fourth-order valence-corrected chi connectivity index (χ4v) is 4.36. The Hall–Kier alpha value is -4.07. The van der Waals surface area contributed by atoms with Crippen LogP contribution in [-0.2, 0) is 16.1 Å². The highest BCUT2D eigenvalue weighted by molar-refractivity contribution is 6.11. The van der Waals surface area contributed by atoms with Crippen molar-refractivity contribution in [2.24, 2.45) is 5.92 Å². The molecule has 1 atom stereocenters. The molecule has 0 bridgehead atoms. The van der Waals surface area contributed by atoms with Gasteiger partial charge in [0.2, 0.25) is 5.91 Å². The summed E-state index contributed by atoms with van der Waals surface area (Å²) < 4.78 is 14.5. The van der Waals surface area contributed by atoms with Crippen LogP contribution in [0.5, 0.6) is 0 Å². The zero-order valence-electron chi connectivity index (χ0n) is 20.0. The number of piperidine rings is 1. The number of carbonyl (C=O) groups is 3. The van der Waals surface area contributed by atoms with E-state index in [1.807, 2.05) is 31.2 Å². The monoisotopic (exact) mass is 489 g/mol. The van der Waals surface area contributed by atoms with Crippen molar-refractivity contribution in [2.75, 3.05) is 13.1 Å². The van der Waals surface area contributed by atoms with Crippen LogP contribution in [0.1, 0.15) is 40.4 Å². The highest BCUT2D eigenvalue weighted by atomic mass is 19.1. The third-order valence-electron chi connectivity index (χ3n) is 6.51. The molecule has 4 rings (SSSR count). The number of Topliss-reactive ketones (excluding diaryl/α,β-unsaturated/α-hetero) is 1. The molecule has 0 aliphatic carbocycles. The van der Waals surface area contributed by atoms with Crippen LogP contribution in [0.4, 0.5) is 4.39 Å². The molecule has 2 heterocycles. The van der Waals surface area contributed by atoms with E-state index in [2.05, 4.69) is 5.32 Å². The van der Waals surface area contributed by atoms with Gasteiger partial charge in [0.15, 0.2) is 11.8 Å². The summed E-state index contributed by atoms with van der Waals surface area (Å²) in [6.07, 6.45) is 2.30. The Morgan fingerprint density at radius 3 is 2.28 bits per heavy atom. The van der Waals surface area contributed by atoms with Gasteiger partial charge in [-0.1, -0.05) is 35.9 Å². The van der Waals surface area contributed by atoms with Gasteiger partial charge in [-0.2, -0.15) is 0 Å². The summed E-state index contributed by atoms with van der Waals surface area (Å²) >= 11 is 0. The number of amides is 2. The van der Waals surface area contributed by atoms with Crippen LogP contribution < -0.4 is 10.9 Å². The number of pyridine rings is 1. The number of hydrogen-bond acceptors (Lipinski definition) is 4. The van der Waals surface area contributed by atoms with Crippen LogP contribution >= 0.6 is 0 Å². The quantitative estimate of drug-likeness (QED) is 0.408. The van der Waals surface area contributed by atoms with E-state index in [1.54, 1.807) is 6.07 Å². The smallest absolute Gasteiger partial charge is 0.253 e. The second-order valence-electron chi connectivity index (χ2n) is 9.02. The van der Waals surface area contributed by atoms with Gasteiger partial charge in [0, 0.05) is 43.4 Å². The highest BCUT2D eigenvalue weighted by Gasteiger charge is 2.36. The molecule has 0 radical (unpaired) electrons. The zero-order chi connectivity index (χ0) is 25.7. The molecule has 1 aromatic heterocycles. The number of carbonyl (C=O) groups excluding carboxylic acids is 3. The maximum absolute atomic E-state index is 13.5. The first-order valence-corrected chi connectivity index (χ1v) is 11.9. The maximum atomic E-state index is 13.5. The van der Waals surface area contributed by atoms with Crippen LogP contribution in [0.2, 0.25) is 0 Å². The third kappa shape index (κ3) is 5.76. The van der Waals surface area contributed by atoms with Gasteiger partial charge in [0.05, 0.1) is 0 Å². The molecular weight excluding hydrogens is 461 g/mol. The normalized spacial score (nSPS) is 14.8. The van der Waals surface area contributed by atoms with Gasteiger partial charge in [0.1, 0.15) is 5.82 Å². The van der Waals surface area contributed by atoms with Gasteiger partial charge in [-0.25, -0.2) is 4.39 Å². The van der Waals surface area contributed by atoms with Crippen LogP contribution in [0.25, 0.3) is 0 Å². The van der Waals surface area contributed by atoms with Gasteiger partial charge in [-0.3, -0.25) is 23.7 Å².